The zero-order chi connectivity index (χ0) is 14.5. The monoisotopic (exact) mass is 285 g/mol. The predicted octanol–water partition coefficient (Wildman–Crippen LogP) is 3.10. The van der Waals surface area contributed by atoms with Gasteiger partial charge in [-0.05, 0) is 37.1 Å². The van der Waals surface area contributed by atoms with Gasteiger partial charge in [0, 0.05) is 18.7 Å². The molecule has 4 nitrogen and oxygen atoms in total. The predicted molar refractivity (Wildman–Crippen MR) is 78.9 cm³/mol. The molecule has 2 heterocycles. The first kappa shape index (κ1) is 13.9. The molecule has 0 N–H and O–H groups in total. The molecular weight excluding hydrogens is 266 g/mol. The van der Waals surface area contributed by atoms with Crippen LogP contribution in [0.15, 0.2) is 53.1 Å². The molecule has 1 aliphatic rings. The third kappa shape index (κ3) is 3.52. The fourth-order valence-electron chi connectivity index (χ4n) is 2.61. The second-order valence-corrected chi connectivity index (χ2v) is 5.27. The molecule has 1 fully saturated rings. The molecule has 1 unspecified atom stereocenters. The van der Waals surface area contributed by atoms with Gasteiger partial charge in [0.1, 0.15) is 5.76 Å². The lowest BCUT2D eigenvalue weighted by Gasteiger charge is -2.24. The van der Waals surface area contributed by atoms with Crippen molar-refractivity contribution in [1.29, 1.82) is 0 Å². The van der Waals surface area contributed by atoms with Gasteiger partial charge in [0.15, 0.2) is 0 Å². The lowest BCUT2D eigenvalue weighted by atomic mass is 10.1. The number of ether oxygens (including phenoxy) is 1. The Morgan fingerprint density at radius 1 is 1.19 bits per heavy atom. The lowest BCUT2D eigenvalue weighted by Crippen LogP contribution is -2.36. The van der Waals surface area contributed by atoms with Crippen molar-refractivity contribution >= 4 is 5.91 Å². The molecule has 3 rings (SSSR count). The highest BCUT2D eigenvalue weighted by Crippen LogP contribution is 2.17. The van der Waals surface area contributed by atoms with E-state index in [4.69, 9.17) is 9.15 Å². The summed E-state index contributed by atoms with van der Waals surface area (Å²) in [6.45, 7) is 1.87. The summed E-state index contributed by atoms with van der Waals surface area (Å²) in [5.41, 5.74) is 0.696. The molecule has 4 heteroatoms. The minimum atomic E-state index is 0.0162. The molecule has 0 saturated carbocycles. The van der Waals surface area contributed by atoms with Crippen LogP contribution in [-0.4, -0.2) is 30.1 Å². The summed E-state index contributed by atoms with van der Waals surface area (Å²) in [6.07, 6.45) is 3.84. The minimum absolute atomic E-state index is 0.0162. The second-order valence-electron chi connectivity index (χ2n) is 5.27. The first-order valence-electron chi connectivity index (χ1n) is 7.31. The van der Waals surface area contributed by atoms with Gasteiger partial charge in [-0.1, -0.05) is 18.2 Å². The van der Waals surface area contributed by atoms with Crippen molar-refractivity contribution in [3.05, 3.63) is 60.1 Å². The summed E-state index contributed by atoms with van der Waals surface area (Å²) in [6, 6.07) is 13.1. The molecule has 2 aromatic rings. The summed E-state index contributed by atoms with van der Waals surface area (Å²) < 4.78 is 11.0. The highest BCUT2D eigenvalue weighted by molar-refractivity contribution is 5.94. The second kappa shape index (κ2) is 6.59. The number of hydrogen-bond acceptors (Lipinski definition) is 3. The Hall–Kier alpha value is -2.07. The third-order valence-corrected chi connectivity index (χ3v) is 3.68. The van der Waals surface area contributed by atoms with Crippen molar-refractivity contribution in [3.63, 3.8) is 0 Å². The van der Waals surface area contributed by atoms with Gasteiger partial charge < -0.3 is 14.1 Å². The Kier molecular flexibility index (Phi) is 4.36. The fourth-order valence-corrected chi connectivity index (χ4v) is 2.61. The number of benzene rings is 1. The molecule has 21 heavy (non-hydrogen) atoms. The third-order valence-electron chi connectivity index (χ3n) is 3.68. The molecule has 1 aromatic heterocycles. The summed E-state index contributed by atoms with van der Waals surface area (Å²) in [4.78, 5) is 14.5. The zero-order valence-electron chi connectivity index (χ0n) is 11.9. The van der Waals surface area contributed by atoms with E-state index in [1.54, 1.807) is 6.26 Å². The molecular formula is C17H19NO3. The van der Waals surface area contributed by atoms with Crippen LogP contribution in [0.3, 0.4) is 0 Å². The summed E-state index contributed by atoms with van der Waals surface area (Å²) in [5, 5.41) is 0. The number of rotatable bonds is 5. The topological polar surface area (TPSA) is 42.7 Å². The Balaban J connectivity index is 1.75. The molecule has 1 atom stereocenters. The number of furan rings is 1. The molecule has 0 radical (unpaired) electrons. The average Bonchev–Trinajstić information content (AvgIpc) is 3.20. The Morgan fingerprint density at radius 3 is 2.71 bits per heavy atom. The molecule has 1 saturated heterocycles. The summed E-state index contributed by atoms with van der Waals surface area (Å²) in [7, 11) is 0. The molecule has 1 aromatic carbocycles. The van der Waals surface area contributed by atoms with Crippen LogP contribution in [0.4, 0.5) is 0 Å². The highest BCUT2D eigenvalue weighted by Gasteiger charge is 2.24. The van der Waals surface area contributed by atoms with E-state index in [9.17, 15) is 4.79 Å². The van der Waals surface area contributed by atoms with Crippen molar-refractivity contribution in [2.24, 2.45) is 0 Å². The SMILES string of the molecule is O=C(c1ccccc1)N(Cc1ccco1)CC1CCCO1. The van der Waals surface area contributed by atoms with Crippen molar-refractivity contribution in [2.75, 3.05) is 13.2 Å². The largest absolute Gasteiger partial charge is 0.467 e. The van der Waals surface area contributed by atoms with Crippen LogP contribution in [0.5, 0.6) is 0 Å². The molecule has 110 valence electrons. The van der Waals surface area contributed by atoms with E-state index in [0.29, 0.717) is 18.7 Å². The van der Waals surface area contributed by atoms with Gasteiger partial charge in [-0.3, -0.25) is 4.79 Å². The van der Waals surface area contributed by atoms with Crippen molar-refractivity contribution < 1.29 is 13.9 Å². The van der Waals surface area contributed by atoms with Crippen LogP contribution in [-0.2, 0) is 11.3 Å². The van der Waals surface area contributed by atoms with E-state index in [2.05, 4.69) is 0 Å². The standard InChI is InChI=1S/C17H19NO3/c19-17(14-6-2-1-3-7-14)18(12-15-8-4-10-20-15)13-16-9-5-11-21-16/h1-4,6-8,10,16H,5,9,11-13H2. The van der Waals surface area contributed by atoms with Gasteiger partial charge in [-0.25, -0.2) is 0 Å². The Labute approximate surface area is 124 Å². The van der Waals surface area contributed by atoms with Crippen molar-refractivity contribution in [2.45, 2.75) is 25.5 Å². The number of amides is 1. The average molecular weight is 285 g/mol. The van der Waals surface area contributed by atoms with E-state index >= 15 is 0 Å². The zero-order valence-corrected chi connectivity index (χ0v) is 11.9. The summed E-state index contributed by atoms with van der Waals surface area (Å²) >= 11 is 0. The molecule has 0 bridgehead atoms. The lowest BCUT2D eigenvalue weighted by molar-refractivity contribution is 0.0491. The quantitative estimate of drug-likeness (QED) is 0.847. The van der Waals surface area contributed by atoms with E-state index < -0.39 is 0 Å². The highest BCUT2D eigenvalue weighted by atomic mass is 16.5. The number of carbonyl (C=O) groups excluding carboxylic acids is 1. The van der Waals surface area contributed by atoms with Gasteiger partial charge in [-0.2, -0.15) is 0 Å². The van der Waals surface area contributed by atoms with Crippen LogP contribution >= 0.6 is 0 Å². The number of hydrogen-bond donors (Lipinski definition) is 0. The number of nitrogens with zero attached hydrogens (tertiary/aromatic N) is 1. The molecule has 0 spiro atoms. The normalized spacial score (nSPS) is 17.8. The van der Waals surface area contributed by atoms with Crippen molar-refractivity contribution in [3.8, 4) is 0 Å². The van der Waals surface area contributed by atoms with Gasteiger partial charge in [0.05, 0.1) is 18.9 Å². The van der Waals surface area contributed by atoms with Crippen LogP contribution in [0.25, 0.3) is 0 Å². The fraction of sp³-hybridized carbons (Fsp3) is 0.353. The van der Waals surface area contributed by atoms with Crippen LogP contribution in [0.1, 0.15) is 29.0 Å². The maximum Gasteiger partial charge on any atom is 0.254 e. The maximum absolute atomic E-state index is 12.7. The van der Waals surface area contributed by atoms with Crippen LogP contribution in [0.2, 0.25) is 0 Å². The van der Waals surface area contributed by atoms with E-state index in [1.165, 1.54) is 0 Å². The van der Waals surface area contributed by atoms with Crippen LogP contribution in [0, 0.1) is 0 Å². The van der Waals surface area contributed by atoms with Gasteiger partial charge >= 0.3 is 0 Å². The van der Waals surface area contributed by atoms with E-state index in [1.807, 2.05) is 47.4 Å². The minimum Gasteiger partial charge on any atom is -0.467 e. The van der Waals surface area contributed by atoms with Gasteiger partial charge in [-0.15, -0.1) is 0 Å². The molecule has 1 amide bonds. The van der Waals surface area contributed by atoms with Crippen molar-refractivity contribution in [1.82, 2.24) is 4.90 Å². The first-order chi connectivity index (χ1) is 10.3. The smallest absolute Gasteiger partial charge is 0.254 e. The van der Waals surface area contributed by atoms with E-state index in [0.717, 1.165) is 25.2 Å². The van der Waals surface area contributed by atoms with Gasteiger partial charge in [0.2, 0.25) is 0 Å². The van der Waals surface area contributed by atoms with Crippen LogP contribution < -0.4 is 0 Å². The number of carbonyl (C=O) groups is 1. The van der Waals surface area contributed by atoms with E-state index in [-0.39, 0.29) is 12.0 Å². The molecule has 1 aliphatic heterocycles. The Morgan fingerprint density at radius 2 is 2.05 bits per heavy atom. The maximum atomic E-state index is 12.7. The first-order valence-corrected chi connectivity index (χ1v) is 7.31. The van der Waals surface area contributed by atoms with Gasteiger partial charge in [0.25, 0.3) is 5.91 Å². The summed E-state index contributed by atoms with van der Waals surface area (Å²) in [5.74, 6) is 0.805. The molecule has 0 aliphatic carbocycles. The Bertz CT molecular complexity index is 559.